The van der Waals surface area contributed by atoms with Gasteiger partial charge < -0.3 is 9.32 Å². The van der Waals surface area contributed by atoms with Gasteiger partial charge in [-0.1, -0.05) is 178 Å². The van der Waals surface area contributed by atoms with Gasteiger partial charge in [0.05, 0.1) is 5.69 Å². The lowest BCUT2D eigenvalue weighted by Crippen LogP contribution is -2.11. The Labute approximate surface area is 350 Å². The molecule has 2 heteroatoms. The van der Waals surface area contributed by atoms with Crippen LogP contribution in [0.5, 0.6) is 0 Å². The molecule has 0 spiro atoms. The lowest BCUT2D eigenvalue weighted by Gasteiger charge is -2.26. The standard InChI is InChI=1S/C58H43NO/c1-58(2,3)53-37-45-16-8-10-19-51(45)55-52-21-12-22-54(56(52)60-57(53)55)59(47-31-27-39(28-32-47)38-13-5-4-6-14-38)48-33-29-40(30-34-48)42-23-24-44-36-46(26-25-43(44)35-42)50-20-11-17-41-15-7-9-18-49(41)50/h4-37H,1-3H3. The van der Waals surface area contributed by atoms with Gasteiger partial charge in [-0.2, -0.15) is 0 Å². The summed E-state index contributed by atoms with van der Waals surface area (Å²) in [4.78, 5) is 2.34. The minimum Gasteiger partial charge on any atom is -0.454 e. The lowest BCUT2D eigenvalue weighted by atomic mass is 9.84. The van der Waals surface area contributed by atoms with Crippen LogP contribution in [0.15, 0.2) is 211 Å². The molecule has 1 heterocycles. The van der Waals surface area contributed by atoms with Crippen LogP contribution in [0, 0.1) is 0 Å². The van der Waals surface area contributed by atoms with Crippen molar-refractivity contribution in [2.75, 3.05) is 4.90 Å². The molecule has 286 valence electrons. The monoisotopic (exact) mass is 769 g/mol. The third kappa shape index (κ3) is 6.12. The maximum absolute atomic E-state index is 7.12. The van der Waals surface area contributed by atoms with E-state index in [2.05, 4.69) is 232 Å². The van der Waals surface area contributed by atoms with E-state index < -0.39 is 0 Å². The second-order valence-corrected chi connectivity index (χ2v) is 17.0. The van der Waals surface area contributed by atoms with E-state index in [1.807, 2.05) is 0 Å². The van der Waals surface area contributed by atoms with Crippen LogP contribution in [0.2, 0.25) is 0 Å². The summed E-state index contributed by atoms with van der Waals surface area (Å²) in [5.74, 6) is 0. The highest BCUT2D eigenvalue weighted by Gasteiger charge is 2.26. The van der Waals surface area contributed by atoms with Crippen molar-refractivity contribution < 1.29 is 4.42 Å². The van der Waals surface area contributed by atoms with Gasteiger partial charge in [-0.25, -0.2) is 0 Å². The fourth-order valence-corrected chi connectivity index (χ4v) is 9.10. The Morgan fingerprint density at radius 2 is 0.900 bits per heavy atom. The summed E-state index contributed by atoms with van der Waals surface area (Å²) in [6.07, 6.45) is 0. The van der Waals surface area contributed by atoms with E-state index >= 15 is 0 Å². The number of para-hydroxylation sites is 1. The van der Waals surface area contributed by atoms with Gasteiger partial charge in [0, 0.05) is 27.7 Å². The fourth-order valence-electron chi connectivity index (χ4n) is 9.10. The molecule has 0 amide bonds. The second-order valence-electron chi connectivity index (χ2n) is 17.0. The van der Waals surface area contributed by atoms with Gasteiger partial charge in [0.15, 0.2) is 5.58 Å². The molecule has 0 N–H and O–H groups in total. The highest BCUT2D eigenvalue weighted by molar-refractivity contribution is 6.22. The van der Waals surface area contributed by atoms with Gasteiger partial charge in [0.25, 0.3) is 0 Å². The van der Waals surface area contributed by atoms with Crippen molar-refractivity contribution in [2.45, 2.75) is 26.2 Å². The Bertz CT molecular complexity index is 3380. The SMILES string of the molecule is CC(C)(C)c1cc2ccccc2c2c1oc1c(N(c3ccc(-c4ccccc4)cc3)c3ccc(-c4ccc5cc(-c6cccc7ccccc67)ccc5c4)cc3)cccc12. The van der Waals surface area contributed by atoms with Gasteiger partial charge in [-0.15, -0.1) is 0 Å². The van der Waals surface area contributed by atoms with Crippen LogP contribution in [0.1, 0.15) is 26.3 Å². The van der Waals surface area contributed by atoms with Gasteiger partial charge in [0.1, 0.15) is 5.58 Å². The molecule has 11 aromatic rings. The Balaban J connectivity index is 1.02. The molecule has 0 saturated carbocycles. The molecule has 2 nitrogen and oxygen atoms in total. The molecular formula is C58H43NO. The number of furan rings is 1. The number of benzene rings is 10. The Morgan fingerprint density at radius 1 is 0.367 bits per heavy atom. The van der Waals surface area contributed by atoms with Crippen molar-refractivity contribution in [1.82, 2.24) is 0 Å². The van der Waals surface area contributed by atoms with Crippen molar-refractivity contribution in [3.63, 3.8) is 0 Å². The molecule has 0 fully saturated rings. The van der Waals surface area contributed by atoms with Gasteiger partial charge in [-0.3, -0.25) is 0 Å². The molecule has 0 saturated heterocycles. The van der Waals surface area contributed by atoms with Crippen LogP contribution in [0.4, 0.5) is 17.1 Å². The molecule has 0 aliphatic rings. The minimum atomic E-state index is -0.110. The summed E-state index contributed by atoms with van der Waals surface area (Å²) in [5.41, 5.74) is 13.3. The minimum absolute atomic E-state index is 0.110. The number of hydrogen-bond acceptors (Lipinski definition) is 2. The molecule has 0 radical (unpaired) electrons. The normalized spacial score (nSPS) is 11.9. The van der Waals surface area contributed by atoms with Crippen LogP contribution >= 0.6 is 0 Å². The first-order valence-corrected chi connectivity index (χ1v) is 20.8. The van der Waals surface area contributed by atoms with Gasteiger partial charge in [-0.05, 0) is 120 Å². The molecule has 0 atom stereocenters. The fraction of sp³-hybridized carbons (Fsp3) is 0.0690. The Kier molecular flexibility index (Phi) is 8.42. The van der Waals surface area contributed by atoms with E-state index in [4.69, 9.17) is 4.42 Å². The van der Waals surface area contributed by atoms with Gasteiger partial charge >= 0.3 is 0 Å². The molecular weight excluding hydrogens is 727 g/mol. The van der Waals surface area contributed by atoms with Crippen LogP contribution in [0.25, 0.3) is 87.6 Å². The summed E-state index contributed by atoms with van der Waals surface area (Å²) in [5, 5.41) is 9.71. The molecule has 0 aliphatic carbocycles. The second kappa shape index (κ2) is 14.1. The average molecular weight is 770 g/mol. The highest BCUT2D eigenvalue weighted by Crippen LogP contribution is 2.47. The Hall–Kier alpha value is -7.42. The lowest BCUT2D eigenvalue weighted by molar-refractivity contribution is 0.573. The number of anilines is 3. The zero-order chi connectivity index (χ0) is 40.4. The van der Waals surface area contributed by atoms with E-state index in [0.717, 1.165) is 33.6 Å². The summed E-state index contributed by atoms with van der Waals surface area (Å²) < 4.78 is 7.12. The zero-order valence-corrected chi connectivity index (χ0v) is 34.0. The first kappa shape index (κ1) is 35.7. The number of fused-ring (bicyclic) bond motifs is 7. The molecule has 0 bridgehead atoms. The van der Waals surface area contributed by atoms with Crippen LogP contribution < -0.4 is 4.90 Å². The maximum Gasteiger partial charge on any atom is 0.159 e. The van der Waals surface area contributed by atoms with E-state index in [0.29, 0.717) is 0 Å². The third-order valence-corrected chi connectivity index (χ3v) is 12.2. The van der Waals surface area contributed by atoms with Crippen molar-refractivity contribution >= 4 is 71.3 Å². The van der Waals surface area contributed by atoms with Crippen molar-refractivity contribution in [3.05, 3.63) is 212 Å². The molecule has 0 aliphatic heterocycles. The van der Waals surface area contributed by atoms with Crippen molar-refractivity contribution in [3.8, 4) is 33.4 Å². The van der Waals surface area contributed by atoms with Crippen LogP contribution in [-0.2, 0) is 5.41 Å². The maximum atomic E-state index is 7.12. The van der Waals surface area contributed by atoms with Crippen LogP contribution in [0.3, 0.4) is 0 Å². The van der Waals surface area contributed by atoms with E-state index in [1.54, 1.807) is 0 Å². The summed E-state index contributed by atoms with van der Waals surface area (Å²) >= 11 is 0. The van der Waals surface area contributed by atoms with E-state index in [9.17, 15) is 0 Å². The Morgan fingerprint density at radius 3 is 1.62 bits per heavy atom. The van der Waals surface area contributed by atoms with E-state index in [-0.39, 0.29) is 5.41 Å². The first-order valence-electron chi connectivity index (χ1n) is 20.8. The molecule has 0 unspecified atom stereocenters. The number of nitrogens with zero attached hydrogens (tertiary/aromatic N) is 1. The molecule has 10 aromatic carbocycles. The van der Waals surface area contributed by atoms with Crippen molar-refractivity contribution in [1.29, 1.82) is 0 Å². The zero-order valence-electron chi connectivity index (χ0n) is 34.0. The highest BCUT2D eigenvalue weighted by atomic mass is 16.3. The third-order valence-electron chi connectivity index (χ3n) is 12.2. The summed E-state index contributed by atoms with van der Waals surface area (Å²) in [6.45, 7) is 6.81. The predicted octanol–water partition coefficient (Wildman–Crippen LogP) is 16.8. The smallest absolute Gasteiger partial charge is 0.159 e. The van der Waals surface area contributed by atoms with E-state index in [1.165, 1.54) is 76.6 Å². The predicted molar refractivity (Wildman–Crippen MR) is 256 cm³/mol. The summed E-state index contributed by atoms with van der Waals surface area (Å²) in [7, 11) is 0. The van der Waals surface area contributed by atoms with Gasteiger partial charge in [0.2, 0.25) is 0 Å². The number of rotatable bonds is 6. The number of hydrogen-bond donors (Lipinski definition) is 0. The average Bonchev–Trinajstić information content (AvgIpc) is 3.69. The topological polar surface area (TPSA) is 16.4 Å². The largest absolute Gasteiger partial charge is 0.454 e. The van der Waals surface area contributed by atoms with Crippen molar-refractivity contribution in [2.24, 2.45) is 0 Å². The van der Waals surface area contributed by atoms with Crippen LogP contribution in [-0.4, -0.2) is 0 Å². The first-order chi connectivity index (χ1) is 29.4. The molecule has 11 rings (SSSR count). The molecule has 60 heavy (non-hydrogen) atoms. The summed E-state index contributed by atoms with van der Waals surface area (Å²) in [6, 6.07) is 74.8. The quantitative estimate of drug-likeness (QED) is 0.167. The molecule has 1 aromatic heterocycles.